The number of nitrogens with two attached hydrogens (primary N) is 1. The highest BCUT2D eigenvalue weighted by atomic mass is 35.5. The van der Waals surface area contributed by atoms with E-state index in [-0.39, 0.29) is 5.91 Å². The van der Waals surface area contributed by atoms with Gasteiger partial charge in [0.15, 0.2) is 0 Å². The third kappa shape index (κ3) is 4.40. The maximum atomic E-state index is 11.8. The molecule has 0 aliphatic rings. The Bertz CT molecular complexity index is 415. The lowest BCUT2D eigenvalue weighted by atomic mass is 10.2. The Balaban J connectivity index is 2.68. The Hall–Kier alpha value is -0.910. The molecule has 18 heavy (non-hydrogen) atoms. The SMILES string of the molecule is COc1ccc(Cl)c(NC(=O)[C@H](N)CCSC)c1. The minimum atomic E-state index is -0.528. The average Bonchev–Trinajstić information content (AvgIpc) is 2.38. The second kappa shape index (κ2) is 7.51. The monoisotopic (exact) mass is 288 g/mol. The van der Waals surface area contributed by atoms with Crippen LogP contribution in [0.25, 0.3) is 0 Å². The lowest BCUT2D eigenvalue weighted by molar-refractivity contribution is -0.117. The number of anilines is 1. The molecule has 1 atom stereocenters. The van der Waals surface area contributed by atoms with Crippen molar-refractivity contribution in [2.45, 2.75) is 12.5 Å². The molecule has 1 aromatic carbocycles. The molecule has 100 valence electrons. The summed E-state index contributed by atoms with van der Waals surface area (Å²) in [4.78, 5) is 11.8. The van der Waals surface area contributed by atoms with Gasteiger partial charge in [-0.1, -0.05) is 11.6 Å². The molecule has 0 radical (unpaired) electrons. The van der Waals surface area contributed by atoms with E-state index in [0.717, 1.165) is 5.75 Å². The van der Waals surface area contributed by atoms with Gasteiger partial charge in [-0.25, -0.2) is 0 Å². The minimum absolute atomic E-state index is 0.237. The lowest BCUT2D eigenvalue weighted by Crippen LogP contribution is -2.36. The molecule has 0 spiro atoms. The van der Waals surface area contributed by atoms with Gasteiger partial charge in [-0.2, -0.15) is 11.8 Å². The molecule has 0 aliphatic carbocycles. The quantitative estimate of drug-likeness (QED) is 0.843. The highest BCUT2D eigenvalue weighted by Gasteiger charge is 2.14. The van der Waals surface area contributed by atoms with Crippen LogP contribution < -0.4 is 15.8 Å². The second-order valence-corrected chi connectivity index (χ2v) is 5.12. The first-order valence-electron chi connectivity index (χ1n) is 5.47. The zero-order chi connectivity index (χ0) is 13.5. The zero-order valence-electron chi connectivity index (χ0n) is 10.4. The van der Waals surface area contributed by atoms with Gasteiger partial charge in [0.05, 0.1) is 23.9 Å². The van der Waals surface area contributed by atoms with Crippen LogP contribution in [0.4, 0.5) is 5.69 Å². The van der Waals surface area contributed by atoms with E-state index in [1.54, 1.807) is 37.1 Å². The van der Waals surface area contributed by atoms with Crippen LogP contribution in [0.1, 0.15) is 6.42 Å². The average molecular weight is 289 g/mol. The first-order chi connectivity index (χ1) is 8.58. The Morgan fingerprint density at radius 1 is 1.61 bits per heavy atom. The van der Waals surface area contributed by atoms with E-state index in [1.165, 1.54) is 0 Å². The Morgan fingerprint density at radius 3 is 2.94 bits per heavy atom. The van der Waals surface area contributed by atoms with Crippen molar-refractivity contribution in [1.82, 2.24) is 0 Å². The van der Waals surface area contributed by atoms with E-state index in [0.29, 0.717) is 22.9 Å². The standard InChI is InChI=1S/C12H17ClN2O2S/c1-17-8-3-4-9(13)11(7-8)15-12(16)10(14)5-6-18-2/h3-4,7,10H,5-6,14H2,1-2H3,(H,15,16)/t10-/m1/s1. The summed E-state index contributed by atoms with van der Waals surface area (Å²) in [7, 11) is 1.55. The van der Waals surface area contributed by atoms with Crippen molar-refractivity contribution in [2.24, 2.45) is 5.73 Å². The fourth-order valence-electron chi connectivity index (χ4n) is 1.33. The van der Waals surface area contributed by atoms with Crippen molar-refractivity contribution in [3.8, 4) is 5.75 Å². The van der Waals surface area contributed by atoms with E-state index in [9.17, 15) is 4.79 Å². The van der Waals surface area contributed by atoms with Gasteiger partial charge in [0.25, 0.3) is 0 Å². The number of methoxy groups -OCH3 is 1. The normalized spacial score (nSPS) is 12.0. The van der Waals surface area contributed by atoms with Crippen molar-refractivity contribution in [2.75, 3.05) is 24.4 Å². The van der Waals surface area contributed by atoms with Crippen molar-refractivity contribution in [3.05, 3.63) is 23.2 Å². The lowest BCUT2D eigenvalue weighted by Gasteiger charge is -2.13. The van der Waals surface area contributed by atoms with Crippen LogP contribution in [0, 0.1) is 0 Å². The molecule has 0 unspecified atom stereocenters. The Morgan fingerprint density at radius 2 is 2.33 bits per heavy atom. The zero-order valence-corrected chi connectivity index (χ0v) is 12.0. The molecule has 1 rings (SSSR count). The molecule has 4 nitrogen and oxygen atoms in total. The molecule has 0 aliphatic heterocycles. The highest BCUT2D eigenvalue weighted by Crippen LogP contribution is 2.26. The molecular formula is C12H17ClN2O2S. The number of carbonyl (C=O) groups excluding carboxylic acids is 1. The Labute approximate surface area is 116 Å². The summed E-state index contributed by atoms with van der Waals surface area (Å²) in [6, 6.07) is 4.54. The number of thioether (sulfide) groups is 1. The van der Waals surface area contributed by atoms with E-state index >= 15 is 0 Å². The fourth-order valence-corrected chi connectivity index (χ4v) is 1.98. The second-order valence-electron chi connectivity index (χ2n) is 3.72. The summed E-state index contributed by atoms with van der Waals surface area (Å²) in [5, 5.41) is 3.17. The topological polar surface area (TPSA) is 64.3 Å². The molecule has 1 aromatic rings. The Kier molecular flexibility index (Phi) is 6.32. The van der Waals surface area contributed by atoms with Gasteiger partial charge in [-0.3, -0.25) is 4.79 Å². The van der Waals surface area contributed by atoms with Crippen molar-refractivity contribution >= 4 is 35.0 Å². The molecule has 0 heterocycles. The number of hydrogen-bond acceptors (Lipinski definition) is 4. The van der Waals surface area contributed by atoms with Crippen molar-refractivity contribution < 1.29 is 9.53 Å². The number of carbonyl (C=O) groups is 1. The van der Waals surface area contributed by atoms with Crippen LogP contribution in [0.15, 0.2) is 18.2 Å². The van der Waals surface area contributed by atoms with Crippen LogP contribution >= 0.6 is 23.4 Å². The number of halogens is 1. The third-order valence-electron chi connectivity index (χ3n) is 2.40. The number of rotatable bonds is 6. The predicted molar refractivity (Wildman–Crippen MR) is 77.6 cm³/mol. The highest BCUT2D eigenvalue weighted by molar-refractivity contribution is 7.98. The van der Waals surface area contributed by atoms with Gasteiger partial charge >= 0.3 is 0 Å². The van der Waals surface area contributed by atoms with Gasteiger partial charge in [0.1, 0.15) is 5.75 Å². The molecule has 1 amide bonds. The maximum Gasteiger partial charge on any atom is 0.241 e. The number of hydrogen-bond donors (Lipinski definition) is 2. The summed E-state index contributed by atoms with van der Waals surface area (Å²) in [6.07, 6.45) is 2.61. The minimum Gasteiger partial charge on any atom is -0.497 e. The summed E-state index contributed by atoms with van der Waals surface area (Å²) in [6.45, 7) is 0. The van der Waals surface area contributed by atoms with Gasteiger partial charge in [0.2, 0.25) is 5.91 Å². The molecule has 0 fully saturated rings. The molecule has 0 saturated carbocycles. The van der Waals surface area contributed by atoms with Gasteiger partial charge in [0, 0.05) is 6.07 Å². The number of ether oxygens (including phenoxy) is 1. The maximum absolute atomic E-state index is 11.8. The van der Waals surface area contributed by atoms with Crippen LogP contribution in [0.2, 0.25) is 5.02 Å². The molecule has 0 aromatic heterocycles. The summed E-state index contributed by atoms with van der Waals surface area (Å²) in [5.41, 5.74) is 6.29. The third-order valence-corrected chi connectivity index (χ3v) is 3.37. The number of nitrogens with one attached hydrogen (secondary N) is 1. The smallest absolute Gasteiger partial charge is 0.241 e. The summed E-state index contributed by atoms with van der Waals surface area (Å²) >= 11 is 7.65. The van der Waals surface area contributed by atoms with Crippen molar-refractivity contribution in [3.63, 3.8) is 0 Å². The fraction of sp³-hybridized carbons (Fsp3) is 0.417. The van der Waals surface area contributed by atoms with Crippen molar-refractivity contribution in [1.29, 1.82) is 0 Å². The van der Waals surface area contributed by atoms with Crippen LogP contribution in [-0.4, -0.2) is 31.1 Å². The van der Waals surface area contributed by atoms with Gasteiger partial charge in [-0.15, -0.1) is 0 Å². The van der Waals surface area contributed by atoms with Crippen LogP contribution in [0.5, 0.6) is 5.75 Å². The number of amides is 1. The largest absolute Gasteiger partial charge is 0.497 e. The molecule has 3 N–H and O–H groups in total. The molecule has 0 bridgehead atoms. The summed E-state index contributed by atoms with van der Waals surface area (Å²) < 4.78 is 5.07. The van der Waals surface area contributed by atoms with E-state index < -0.39 is 6.04 Å². The van der Waals surface area contributed by atoms with Crippen LogP contribution in [0.3, 0.4) is 0 Å². The first-order valence-corrected chi connectivity index (χ1v) is 7.24. The number of benzene rings is 1. The van der Waals surface area contributed by atoms with Gasteiger partial charge < -0.3 is 15.8 Å². The van der Waals surface area contributed by atoms with E-state index in [4.69, 9.17) is 22.1 Å². The molecule has 0 saturated heterocycles. The predicted octanol–water partition coefficient (Wildman–Crippen LogP) is 2.37. The van der Waals surface area contributed by atoms with E-state index in [2.05, 4.69) is 5.32 Å². The summed E-state index contributed by atoms with van der Waals surface area (Å²) in [5.74, 6) is 1.24. The first kappa shape index (κ1) is 15.1. The van der Waals surface area contributed by atoms with E-state index in [1.807, 2.05) is 6.26 Å². The molecular weight excluding hydrogens is 272 g/mol. The van der Waals surface area contributed by atoms with Crippen LogP contribution in [-0.2, 0) is 4.79 Å². The molecule has 6 heteroatoms. The van der Waals surface area contributed by atoms with Gasteiger partial charge in [-0.05, 0) is 30.6 Å².